The predicted molar refractivity (Wildman–Crippen MR) is 83.5 cm³/mol. The summed E-state index contributed by atoms with van der Waals surface area (Å²) in [6, 6.07) is -0.376. The van der Waals surface area contributed by atoms with Gasteiger partial charge in [0.15, 0.2) is 0 Å². The summed E-state index contributed by atoms with van der Waals surface area (Å²) in [5, 5.41) is 6.89. The highest BCUT2D eigenvalue weighted by Crippen LogP contribution is 2.49. The number of hydrogen-bond donors (Lipinski definition) is 1. The van der Waals surface area contributed by atoms with Gasteiger partial charge in [-0.25, -0.2) is 0 Å². The van der Waals surface area contributed by atoms with Crippen LogP contribution in [0.2, 0.25) is 0 Å². The van der Waals surface area contributed by atoms with Crippen molar-refractivity contribution in [3.63, 3.8) is 0 Å². The van der Waals surface area contributed by atoms with Crippen molar-refractivity contribution >= 4 is 58.1 Å². The van der Waals surface area contributed by atoms with Gasteiger partial charge < -0.3 is 9.36 Å². The number of oxime groups is 1. The lowest BCUT2D eigenvalue weighted by molar-refractivity contribution is -0.135. The maximum Gasteiger partial charge on any atom is 0.325 e. The molecule has 0 fully saturated rings. The highest BCUT2D eigenvalue weighted by atomic mass is 35.5. The van der Waals surface area contributed by atoms with Crippen molar-refractivity contribution in [2.24, 2.45) is 5.16 Å². The molecular weight excluding hydrogens is 319 g/mol. The van der Waals surface area contributed by atoms with E-state index in [1.165, 1.54) is 7.11 Å². The maximum absolute atomic E-state index is 11.5. The minimum Gasteiger partial charge on any atom is -0.450 e. The Kier molecular flexibility index (Phi) is 11.4. The predicted octanol–water partition coefficient (Wildman–Crippen LogP) is 2.28. The van der Waals surface area contributed by atoms with Crippen LogP contribution in [0.3, 0.4) is 0 Å². The Hall–Kier alpha value is 0.910. The third-order valence-corrected chi connectivity index (χ3v) is 3.85. The SMILES string of the molecule is CON=C(CCl)CC[C@H](NP(P)P)C(=O)OP. The number of carbonyl (C=O) groups excluding carboxylic acids is 1. The second-order valence-corrected chi connectivity index (χ2v) is 9.74. The molecule has 1 N–H and O–H groups in total. The summed E-state index contributed by atoms with van der Waals surface area (Å²) in [6.45, 7) is 0. The zero-order chi connectivity index (χ0) is 13.3. The van der Waals surface area contributed by atoms with Gasteiger partial charge in [0.1, 0.15) is 13.2 Å². The van der Waals surface area contributed by atoms with Crippen molar-refractivity contribution in [3.8, 4) is 0 Å². The van der Waals surface area contributed by atoms with Crippen LogP contribution in [-0.2, 0) is 14.2 Å². The van der Waals surface area contributed by atoms with E-state index in [1.54, 1.807) is 0 Å². The van der Waals surface area contributed by atoms with Gasteiger partial charge in [-0.1, -0.05) is 23.0 Å². The fraction of sp³-hybridized carbons (Fsp3) is 0.714. The normalized spacial score (nSPS) is 13.6. The van der Waals surface area contributed by atoms with E-state index in [1.807, 2.05) is 9.47 Å². The highest BCUT2D eigenvalue weighted by molar-refractivity contribution is 8.42. The van der Waals surface area contributed by atoms with Crippen molar-refractivity contribution in [1.29, 1.82) is 0 Å². The number of rotatable bonds is 8. The third kappa shape index (κ3) is 8.60. The summed E-state index contributed by atoms with van der Waals surface area (Å²) in [5.74, 6) is -0.0359. The van der Waals surface area contributed by atoms with Gasteiger partial charge in [-0.15, -0.1) is 11.6 Å². The van der Waals surface area contributed by atoms with Gasteiger partial charge in [0.05, 0.1) is 21.1 Å². The summed E-state index contributed by atoms with van der Waals surface area (Å²) in [7, 11) is 8.06. The first-order valence-electron chi connectivity index (χ1n) is 4.66. The average molecular weight is 337 g/mol. The van der Waals surface area contributed by atoms with Crippen LogP contribution < -0.4 is 5.09 Å². The Balaban J connectivity index is 4.33. The molecule has 0 aliphatic carbocycles. The molecule has 0 saturated carbocycles. The molecule has 0 aliphatic rings. The smallest absolute Gasteiger partial charge is 0.325 e. The van der Waals surface area contributed by atoms with Gasteiger partial charge in [0, 0.05) is 0 Å². The number of alkyl halides is 1. The lowest BCUT2D eigenvalue weighted by Crippen LogP contribution is -2.32. The third-order valence-electron chi connectivity index (χ3n) is 1.80. The molecule has 0 spiro atoms. The molecule has 0 heterocycles. The van der Waals surface area contributed by atoms with Crippen LogP contribution in [-0.4, -0.2) is 30.7 Å². The highest BCUT2D eigenvalue weighted by Gasteiger charge is 2.20. The Morgan fingerprint density at radius 2 is 2.24 bits per heavy atom. The van der Waals surface area contributed by atoms with Crippen LogP contribution in [0.15, 0.2) is 5.16 Å². The monoisotopic (exact) mass is 336 g/mol. The number of nitrogens with zero attached hydrogens (tertiary/aromatic N) is 1. The van der Waals surface area contributed by atoms with Gasteiger partial charge in [-0.3, -0.25) is 9.88 Å². The fourth-order valence-electron chi connectivity index (χ4n) is 1.07. The Morgan fingerprint density at radius 3 is 2.65 bits per heavy atom. The standard InChI is InChI=1S/C7H17ClN2O3P4/c1-12-9-5(4-8)2-3-6(7(11)13-14)10-17(15)16/h6,10H,2-4,14-16H2,1H3/t6-/m0/s1. The molecule has 10 heteroatoms. The minimum absolute atomic E-state index is 0.285. The lowest BCUT2D eigenvalue weighted by atomic mass is 10.1. The number of carbonyl (C=O) groups is 1. The summed E-state index contributed by atoms with van der Waals surface area (Å²) < 4.78 is 4.64. The van der Waals surface area contributed by atoms with Crippen LogP contribution in [0.1, 0.15) is 12.8 Å². The first-order valence-corrected chi connectivity index (χ1v) is 10.2. The summed E-state index contributed by atoms with van der Waals surface area (Å²) in [6.07, 6.45) is 1.14. The molecular formula is C7H17ClN2O3P4. The molecule has 0 radical (unpaired) electrons. The Labute approximate surface area is 114 Å². The number of hydrogen-bond acceptors (Lipinski definition) is 5. The van der Waals surface area contributed by atoms with E-state index in [0.717, 1.165) is 0 Å². The molecule has 0 rings (SSSR count). The first kappa shape index (κ1) is 17.9. The fourth-order valence-corrected chi connectivity index (χ4v) is 3.09. The van der Waals surface area contributed by atoms with E-state index in [2.05, 4.69) is 37.5 Å². The molecule has 0 bridgehead atoms. The largest absolute Gasteiger partial charge is 0.450 e. The average Bonchev–Trinajstić information content (AvgIpc) is 2.31. The van der Waals surface area contributed by atoms with Crippen molar-refractivity contribution in [2.45, 2.75) is 18.9 Å². The number of nitrogens with one attached hydrogen (secondary N) is 1. The van der Waals surface area contributed by atoms with Crippen LogP contribution in [0, 0.1) is 0 Å². The maximum atomic E-state index is 11.5. The van der Waals surface area contributed by atoms with Crippen LogP contribution in [0.4, 0.5) is 0 Å². The van der Waals surface area contributed by atoms with Crippen LogP contribution >= 0.6 is 46.4 Å². The van der Waals surface area contributed by atoms with Gasteiger partial charge in [0.2, 0.25) is 0 Å². The zero-order valence-corrected chi connectivity index (χ0v) is 14.5. The molecule has 5 nitrogen and oxygen atoms in total. The molecule has 0 aromatic rings. The molecule has 4 atom stereocenters. The van der Waals surface area contributed by atoms with E-state index in [-0.39, 0.29) is 17.9 Å². The van der Waals surface area contributed by atoms with Gasteiger partial charge >= 0.3 is 5.97 Å². The molecule has 0 aromatic carbocycles. The van der Waals surface area contributed by atoms with E-state index in [9.17, 15) is 4.79 Å². The van der Waals surface area contributed by atoms with Crippen LogP contribution in [0.25, 0.3) is 0 Å². The molecule has 17 heavy (non-hydrogen) atoms. The molecule has 100 valence electrons. The number of halogens is 1. The second-order valence-electron chi connectivity index (χ2n) is 3.04. The van der Waals surface area contributed by atoms with Crippen molar-refractivity contribution in [2.75, 3.05) is 13.0 Å². The summed E-state index contributed by atoms with van der Waals surface area (Å²) in [4.78, 5) is 16.1. The molecule has 0 aromatic heterocycles. The van der Waals surface area contributed by atoms with Crippen molar-refractivity contribution in [3.05, 3.63) is 0 Å². The van der Waals surface area contributed by atoms with E-state index >= 15 is 0 Å². The van der Waals surface area contributed by atoms with E-state index < -0.39 is 7.45 Å². The molecule has 0 saturated heterocycles. The zero-order valence-electron chi connectivity index (χ0n) is 9.43. The summed E-state index contributed by atoms with van der Waals surface area (Å²) >= 11 is 5.69. The van der Waals surface area contributed by atoms with Crippen LogP contribution in [0.5, 0.6) is 0 Å². The van der Waals surface area contributed by atoms with Gasteiger partial charge in [-0.05, 0) is 20.3 Å². The topological polar surface area (TPSA) is 59.9 Å². The first-order chi connectivity index (χ1) is 8.04. The molecule has 3 unspecified atom stereocenters. The van der Waals surface area contributed by atoms with E-state index in [0.29, 0.717) is 18.6 Å². The summed E-state index contributed by atoms with van der Waals surface area (Å²) in [5.41, 5.74) is 0.703. The lowest BCUT2D eigenvalue weighted by Gasteiger charge is -2.18. The Bertz CT molecular complexity index is 268. The van der Waals surface area contributed by atoms with E-state index in [4.69, 9.17) is 11.6 Å². The molecule has 0 amide bonds. The second kappa shape index (κ2) is 10.8. The van der Waals surface area contributed by atoms with Crippen molar-refractivity contribution < 1.29 is 14.2 Å². The Morgan fingerprint density at radius 1 is 1.59 bits per heavy atom. The minimum atomic E-state index is -0.552. The quantitative estimate of drug-likeness (QED) is 0.320. The molecule has 0 aliphatic heterocycles. The van der Waals surface area contributed by atoms with Gasteiger partial charge in [0.25, 0.3) is 0 Å². The van der Waals surface area contributed by atoms with Crippen molar-refractivity contribution in [1.82, 2.24) is 5.09 Å². The van der Waals surface area contributed by atoms with Gasteiger partial charge in [-0.2, -0.15) is 0 Å².